The van der Waals surface area contributed by atoms with Crippen molar-refractivity contribution in [2.75, 3.05) is 5.75 Å². The lowest BCUT2D eigenvalue weighted by atomic mass is 10.0. The largest absolute Gasteiger partial charge is 0.298 e. The first-order valence-electron chi connectivity index (χ1n) is 4.29. The number of carbonyl (C=O) groups excluding carboxylic acids is 1. The molecule has 0 bridgehead atoms. The van der Waals surface area contributed by atoms with Crippen molar-refractivity contribution in [1.29, 1.82) is 5.26 Å². The summed E-state index contributed by atoms with van der Waals surface area (Å²) < 4.78 is 0. The third-order valence-corrected chi connectivity index (χ3v) is 2.30. The number of aryl methyl sites for hydroxylation is 1. The molecule has 0 aliphatic heterocycles. The smallest absolute Gasteiger partial charge is 0.146 e. The van der Waals surface area contributed by atoms with E-state index in [1.165, 1.54) is 0 Å². The summed E-state index contributed by atoms with van der Waals surface area (Å²) in [5.74, 6) is 0.258. The SMILES string of the molecule is Cc1ccc(C#N)c(CC(=O)CS)c1. The van der Waals surface area contributed by atoms with Gasteiger partial charge in [0.2, 0.25) is 0 Å². The molecule has 1 aromatic rings. The molecule has 0 saturated heterocycles. The van der Waals surface area contributed by atoms with Gasteiger partial charge in [0.1, 0.15) is 5.78 Å². The molecular formula is C11H11NOS. The molecule has 0 radical (unpaired) electrons. The standard InChI is InChI=1S/C11H11NOS/c1-8-2-3-9(6-12)10(4-8)5-11(13)7-14/h2-4,14H,5,7H2,1H3. The summed E-state index contributed by atoms with van der Waals surface area (Å²) in [6, 6.07) is 7.56. The maximum Gasteiger partial charge on any atom is 0.146 e. The number of Topliss-reactive ketones (excluding diaryl/α,β-unsaturated/α-hetero) is 1. The zero-order valence-electron chi connectivity index (χ0n) is 7.95. The first kappa shape index (κ1) is 10.8. The van der Waals surface area contributed by atoms with E-state index in [1.807, 2.05) is 19.1 Å². The molecule has 0 atom stereocenters. The summed E-state index contributed by atoms with van der Waals surface area (Å²) in [7, 11) is 0. The second kappa shape index (κ2) is 4.83. The summed E-state index contributed by atoms with van der Waals surface area (Å²) >= 11 is 3.90. The molecule has 0 spiro atoms. The third-order valence-electron chi connectivity index (χ3n) is 1.95. The van der Waals surface area contributed by atoms with Gasteiger partial charge in [0, 0.05) is 12.2 Å². The lowest BCUT2D eigenvalue weighted by Gasteiger charge is -2.03. The van der Waals surface area contributed by atoms with Crippen molar-refractivity contribution in [2.24, 2.45) is 0 Å². The van der Waals surface area contributed by atoms with Crippen LogP contribution in [0.25, 0.3) is 0 Å². The van der Waals surface area contributed by atoms with Gasteiger partial charge in [0.05, 0.1) is 11.6 Å². The van der Waals surface area contributed by atoms with E-state index >= 15 is 0 Å². The average Bonchev–Trinajstić information content (AvgIpc) is 2.18. The molecule has 0 unspecified atom stereocenters. The fourth-order valence-corrected chi connectivity index (χ4v) is 1.36. The predicted molar refractivity (Wildman–Crippen MR) is 58.5 cm³/mol. The summed E-state index contributed by atoms with van der Waals surface area (Å²) in [5, 5.41) is 8.81. The first-order chi connectivity index (χ1) is 6.67. The molecule has 72 valence electrons. The molecule has 0 aliphatic carbocycles. The minimum atomic E-state index is 0.0374. The Morgan fingerprint density at radius 1 is 1.57 bits per heavy atom. The Kier molecular flexibility index (Phi) is 3.73. The van der Waals surface area contributed by atoms with Crippen LogP contribution in [-0.4, -0.2) is 11.5 Å². The van der Waals surface area contributed by atoms with Crippen molar-refractivity contribution < 1.29 is 4.79 Å². The number of carbonyl (C=O) groups is 1. The number of ketones is 1. The molecule has 0 aromatic heterocycles. The summed E-state index contributed by atoms with van der Waals surface area (Å²) in [4.78, 5) is 11.2. The van der Waals surface area contributed by atoms with Crippen LogP contribution in [0.4, 0.5) is 0 Å². The highest BCUT2D eigenvalue weighted by Gasteiger charge is 2.06. The Morgan fingerprint density at radius 2 is 2.29 bits per heavy atom. The number of nitriles is 1. The van der Waals surface area contributed by atoms with E-state index in [4.69, 9.17) is 5.26 Å². The second-order valence-electron chi connectivity index (χ2n) is 3.15. The Balaban J connectivity index is 3.00. The minimum Gasteiger partial charge on any atom is -0.298 e. The van der Waals surface area contributed by atoms with Gasteiger partial charge in [-0.3, -0.25) is 4.79 Å². The van der Waals surface area contributed by atoms with Crippen LogP contribution in [0, 0.1) is 18.3 Å². The molecule has 1 aromatic carbocycles. The van der Waals surface area contributed by atoms with Gasteiger partial charge in [-0.05, 0) is 18.6 Å². The Bertz CT molecular complexity index is 393. The summed E-state index contributed by atoms with van der Waals surface area (Å²) in [5.41, 5.74) is 2.43. The summed E-state index contributed by atoms with van der Waals surface area (Å²) in [6.45, 7) is 1.94. The monoisotopic (exact) mass is 205 g/mol. The van der Waals surface area contributed by atoms with E-state index < -0.39 is 0 Å². The Labute approximate surface area is 89.0 Å². The molecule has 0 N–H and O–H groups in total. The van der Waals surface area contributed by atoms with Crippen LogP contribution in [0.3, 0.4) is 0 Å². The van der Waals surface area contributed by atoms with Crippen LogP contribution in [0.1, 0.15) is 16.7 Å². The van der Waals surface area contributed by atoms with Crippen molar-refractivity contribution in [3.63, 3.8) is 0 Å². The van der Waals surface area contributed by atoms with Gasteiger partial charge in [-0.25, -0.2) is 0 Å². The predicted octanol–water partition coefficient (Wildman–Crippen LogP) is 1.91. The molecule has 0 aliphatic rings. The first-order valence-corrected chi connectivity index (χ1v) is 4.93. The topological polar surface area (TPSA) is 40.9 Å². The number of hydrogen-bond donors (Lipinski definition) is 1. The molecule has 0 saturated carbocycles. The molecular weight excluding hydrogens is 194 g/mol. The van der Waals surface area contributed by atoms with Gasteiger partial charge in [-0.15, -0.1) is 0 Å². The van der Waals surface area contributed by atoms with Crippen molar-refractivity contribution in [2.45, 2.75) is 13.3 Å². The van der Waals surface area contributed by atoms with Crippen molar-refractivity contribution in [3.8, 4) is 6.07 Å². The maximum atomic E-state index is 11.2. The quantitative estimate of drug-likeness (QED) is 0.766. The Hall–Kier alpha value is -1.27. The van der Waals surface area contributed by atoms with Crippen LogP contribution in [0.2, 0.25) is 0 Å². The lowest BCUT2D eigenvalue weighted by Crippen LogP contribution is -2.05. The van der Waals surface area contributed by atoms with E-state index in [2.05, 4.69) is 18.7 Å². The van der Waals surface area contributed by atoms with Gasteiger partial charge in [-0.1, -0.05) is 17.7 Å². The second-order valence-corrected chi connectivity index (χ2v) is 3.46. The van der Waals surface area contributed by atoms with Crippen molar-refractivity contribution in [3.05, 3.63) is 34.9 Å². The van der Waals surface area contributed by atoms with Crippen LogP contribution < -0.4 is 0 Å². The molecule has 0 fully saturated rings. The van der Waals surface area contributed by atoms with Crippen molar-refractivity contribution in [1.82, 2.24) is 0 Å². The van der Waals surface area contributed by atoms with Gasteiger partial charge < -0.3 is 0 Å². The molecule has 1 rings (SSSR count). The summed E-state index contributed by atoms with van der Waals surface area (Å²) in [6.07, 6.45) is 0.300. The number of rotatable bonds is 3. The zero-order valence-corrected chi connectivity index (χ0v) is 8.84. The Morgan fingerprint density at radius 3 is 2.86 bits per heavy atom. The highest BCUT2D eigenvalue weighted by Crippen LogP contribution is 2.12. The number of benzene rings is 1. The molecule has 0 heterocycles. The van der Waals surface area contributed by atoms with Crippen LogP contribution in [-0.2, 0) is 11.2 Å². The maximum absolute atomic E-state index is 11.2. The van der Waals surface area contributed by atoms with Gasteiger partial charge in [0.25, 0.3) is 0 Å². The van der Waals surface area contributed by atoms with Crippen LogP contribution in [0.5, 0.6) is 0 Å². The van der Waals surface area contributed by atoms with E-state index in [0.717, 1.165) is 11.1 Å². The highest BCUT2D eigenvalue weighted by atomic mass is 32.1. The lowest BCUT2D eigenvalue weighted by molar-refractivity contribution is -0.115. The number of nitrogens with zero attached hydrogens (tertiary/aromatic N) is 1. The fraction of sp³-hybridized carbons (Fsp3) is 0.273. The van der Waals surface area contributed by atoms with Crippen LogP contribution in [0.15, 0.2) is 18.2 Å². The van der Waals surface area contributed by atoms with Gasteiger partial charge in [0.15, 0.2) is 0 Å². The third kappa shape index (κ3) is 2.61. The highest BCUT2D eigenvalue weighted by molar-refractivity contribution is 7.81. The normalized spacial score (nSPS) is 9.50. The van der Waals surface area contributed by atoms with Gasteiger partial charge in [-0.2, -0.15) is 17.9 Å². The molecule has 14 heavy (non-hydrogen) atoms. The zero-order chi connectivity index (χ0) is 10.6. The molecule has 0 amide bonds. The van der Waals surface area contributed by atoms with E-state index in [9.17, 15) is 4.79 Å². The average molecular weight is 205 g/mol. The van der Waals surface area contributed by atoms with Gasteiger partial charge >= 0.3 is 0 Å². The van der Waals surface area contributed by atoms with Crippen molar-refractivity contribution >= 4 is 18.4 Å². The molecule has 2 nitrogen and oxygen atoms in total. The minimum absolute atomic E-state index is 0.0374. The van der Waals surface area contributed by atoms with E-state index in [-0.39, 0.29) is 11.5 Å². The number of thiol groups is 1. The number of hydrogen-bond acceptors (Lipinski definition) is 3. The van der Waals surface area contributed by atoms with E-state index in [1.54, 1.807) is 6.07 Å². The van der Waals surface area contributed by atoms with E-state index in [0.29, 0.717) is 12.0 Å². The fourth-order valence-electron chi connectivity index (χ4n) is 1.25. The molecule has 3 heteroatoms. The van der Waals surface area contributed by atoms with Crippen LogP contribution >= 0.6 is 12.6 Å².